The highest BCUT2D eigenvalue weighted by Gasteiger charge is 2.35. The summed E-state index contributed by atoms with van der Waals surface area (Å²) in [5, 5.41) is 0. The van der Waals surface area contributed by atoms with Gasteiger partial charge in [0.2, 0.25) is 0 Å². The van der Waals surface area contributed by atoms with Gasteiger partial charge in [0, 0.05) is 0 Å². The van der Waals surface area contributed by atoms with Gasteiger partial charge in [-0.05, 0) is 84.6 Å². The summed E-state index contributed by atoms with van der Waals surface area (Å²) < 4.78 is 40.2. The zero-order valence-electron chi connectivity index (χ0n) is 16.6. The lowest BCUT2D eigenvalue weighted by Gasteiger charge is -2.42. The second-order valence-electron chi connectivity index (χ2n) is 8.87. The van der Waals surface area contributed by atoms with Gasteiger partial charge in [0.05, 0.1) is 0 Å². The van der Waals surface area contributed by atoms with E-state index < -0.39 is 17.5 Å². The molecule has 2 aromatic carbocycles. The van der Waals surface area contributed by atoms with E-state index in [1.165, 1.54) is 56.9 Å². The van der Waals surface area contributed by atoms with Crippen molar-refractivity contribution in [1.29, 1.82) is 0 Å². The molecular weight excluding hydrogens is 357 g/mol. The molecule has 0 nitrogen and oxygen atoms in total. The van der Waals surface area contributed by atoms with Gasteiger partial charge >= 0.3 is 0 Å². The number of halogens is 3. The van der Waals surface area contributed by atoms with Gasteiger partial charge in [-0.2, -0.15) is 0 Å². The van der Waals surface area contributed by atoms with Crippen LogP contribution in [0, 0.1) is 35.2 Å². The van der Waals surface area contributed by atoms with Crippen molar-refractivity contribution in [2.45, 2.75) is 64.2 Å². The molecule has 0 amide bonds. The zero-order valence-corrected chi connectivity index (χ0v) is 16.6. The van der Waals surface area contributed by atoms with Crippen molar-refractivity contribution in [1.82, 2.24) is 0 Å². The molecule has 0 saturated heterocycles. The maximum atomic E-state index is 13.5. The van der Waals surface area contributed by atoms with Crippen LogP contribution < -0.4 is 0 Å². The maximum absolute atomic E-state index is 13.5. The molecule has 0 N–H and O–H groups in total. The largest absolute Gasteiger partial charge is 0.204 e. The average molecular weight is 387 g/mol. The minimum atomic E-state index is -1.41. The molecule has 0 radical (unpaired) electrons. The van der Waals surface area contributed by atoms with E-state index in [1.54, 1.807) is 0 Å². The molecule has 150 valence electrons. The van der Waals surface area contributed by atoms with E-state index >= 15 is 0 Å². The molecule has 28 heavy (non-hydrogen) atoms. The Morgan fingerprint density at radius 1 is 0.786 bits per heavy atom. The molecule has 0 aromatic heterocycles. The number of fused-ring (bicyclic) bond motifs is 1. The maximum Gasteiger partial charge on any atom is 0.194 e. The van der Waals surface area contributed by atoms with Gasteiger partial charge in [0.15, 0.2) is 17.5 Å². The van der Waals surface area contributed by atoms with E-state index in [-0.39, 0.29) is 0 Å². The van der Waals surface area contributed by atoms with Gasteiger partial charge in [-0.3, -0.25) is 0 Å². The fourth-order valence-electron chi connectivity index (χ4n) is 5.63. The second kappa shape index (κ2) is 8.31. The second-order valence-corrected chi connectivity index (χ2v) is 8.87. The van der Waals surface area contributed by atoms with Crippen molar-refractivity contribution >= 4 is 0 Å². The molecule has 2 aliphatic carbocycles. The first kappa shape index (κ1) is 19.5. The monoisotopic (exact) mass is 386 g/mol. The number of benzene rings is 2. The van der Waals surface area contributed by atoms with Gasteiger partial charge in [0.1, 0.15) is 0 Å². The first-order chi connectivity index (χ1) is 13.5. The molecule has 2 fully saturated rings. The van der Waals surface area contributed by atoms with Crippen LogP contribution >= 0.6 is 0 Å². The summed E-state index contributed by atoms with van der Waals surface area (Å²) in [4.78, 5) is 0. The van der Waals surface area contributed by atoms with E-state index in [1.807, 2.05) is 12.1 Å². The first-order valence-corrected chi connectivity index (χ1v) is 10.8. The van der Waals surface area contributed by atoms with Crippen LogP contribution in [0.5, 0.6) is 0 Å². The normalized spacial score (nSPS) is 27.4. The van der Waals surface area contributed by atoms with Gasteiger partial charge in [-0.1, -0.05) is 50.5 Å². The van der Waals surface area contributed by atoms with Crippen LogP contribution in [0.15, 0.2) is 36.4 Å². The third-order valence-corrected chi connectivity index (χ3v) is 7.12. The van der Waals surface area contributed by atoms with Crippen LogP contribution in [0.1, 0.15) is 69.8 Å². The molecule has 0 aliphatic heterocycles. The van der Waals surface area contributed by atoms with Crippen LogP contribution in [0.2, 0.25) is 0 Å². The predicted molar refractivity (Wildman–Crippen MR) is 108 cm³/mol. The Labute approximate surface area is 166 Å². The molecule has 2 aliphatic rings. The third kappa shape index (κ3) is 3.99. The Morgan fingerprint density at radius 2 is 1.43 bits per heavy atom. The van der Waals surface area contributed by atoms with Crippen molar-refractivity contribution in [3.63, 3.8) is 0 Å². The summed E-state index contributed by atoms with van der Waals surface area (Å²) in [6.45, 7) is 2.29. The first-order valence-electron chi connectivity index (χ1n) is 10.8. The summed E-state index contributed by atoms with van der Waals surface area (Å²) in [7, 11) is 0. The standard InChI is InChI=1S/C25H29F3/c1-2-3-16-4-5-21-13-20(11-10-19(21)12-16)17-6-8-18(9-7-17)22-14-23(26)25(28)24(27)15-22/h6-9,14-16,19-21H,2-5,10-13H2,1H3. The molecule has 0 bridgehead atoms. The van der Waals surface area contributed by atoms with Crippen LogP contribution in [0.4, 0.5) is 13.2 Å². The quantitative estimate of drug-likeness (QED) is 0.469. The van der Waals surface area contributed by atoms with Crippen LogP contribution in [-0.2, 0) is 0 Å². The summed E-state index contributed by atoms with van der Waals surface area (Å²) in [6.07, 6.45) is 10.7. The predicted octanol–water partition coefficient (Wildman–Crippen LogP) is 7.87. The molecule has 0 heterocycles. The summed E-state index contributed by atoms with van der Waals surface area (Å²) in [6, 6.07) is 10.1. The van der Waals surface area contributed by atoms with E-state index in [0.29, 0.717) is 11.5 Å². The Hall–Kier alpha value is -1.77. The Bertz CT molecular complexity index is 788. The Balaban J connectivity index is 1.44. The Morgan fingerprint density at radius 3 is 2.11 bits per heavy atom. The number of rotatable bonds is 4. The van der Waals surface area contributed by atoms with E-state index in [0.717, 1.165) is 35.4 Å². The van der Waals surface area contributed by atoms with Crippen molar-refractivity contribution < 1.29 is 13.2 Å². The molecule has 0 spiro atoms. The van der Waals surface area contributed by atoms with E-state index in [2.05, 4.69) is 19.1 Å². The highest BCUT2D eigenvalue weighted by atomic mass is 19.2. The highest BCUT2D eigenvalue weighted by Crippen LogP contribution is 2.48. The molecule has 3 heteroatoms. The Kier molecular flexibility index (Phi) is 5.80. The molecule has 2 aromatic rings. The van der Waals surface area contributed by atoms with Crippen molar-refractivity contribution in [2.24, 2.45) is 17.8 Å². The lowest BCUT2D eigenvalue weighted by atomic mass is 9.63. The number of hydrogen-bond acceptors (Lipinski definition) is 0. The lowest BCUT2D eigenvalue weighted by Crippen LogP contribution is -2.30. The summed E-state index contributed by atoms with van der Waals surface area (Å²) in [5.74, 6) is -0.408. The fraction of sp³-hybridized carbons (Fsp3) is 0.520. The number of hydrogen-bond donors (Lipinski definition) is 0. The van der Waals surface area contributed by atoms with Gasteiger partial charge in [-0.15, -0.1) is 0 Å². The van der Waals surface area contributed by atoms with Gasteiger partial charge < -0.3 is 0 Å². The minimum absolute atomic E-state index is 0.376. The van der Waals surface area contributed by atoms with Crippen molar-refractivity contribution in [3.05, 3.63) is 59.4 Å². The SMILES string of the molecule is CCCC1CCC2CC(c3ccc(-c4cc(F)c(F)c(F)c4)cc3)CCC2C1. The van der Waals surface area contributed by atoms with Crippen LogP contribution in [0.3, 0.4) is 0 Å². The van der Waals surface area contributed by atoms with E-state index in [4.69, 9.17) is 0 Å². The van der Waals surface area contributed by atoms with E-state index in [9.17, 15) is 13.2 Å². The van der Waals surface area contributed by atoms with Crippen molar-refractivity contribution in [2.75, 3.05) is 0 Å². The lowest BCUT2D eigenvalue weighted by molar-refractivity contribution is 0.114. The van der Waals surface area contributed by atoms with Gasteiger partial charge in [0.25, 0.3) is 0 Å². The van der Waals surface area contributed by atoms with Crippen molar-refractivity contribution in [3.8, 4) is 11.1 Å². The summed E-state index contributed by atoms with van der Waals surface area (Å²) in [5.41, 5.74) is 2.41. The minimum Gasteiger partial charge on any atom is -0.204 e. The molecule has 4 atom stereocenters. The molecule has 4 unspecified atom stereocenters. The topological polar surface area (TPSA) is 0 Å². The fourth-order valence-corrected chi connectivity index (χ4v) is 5.63. The van der Waals surface area contributed by atoms with Crippen LogP contribution in [-0.4, -0.2) is 0 Å². The average Bonchev–Trinajstić information content (AvgIpc) is 2.71. The third-order valence-electron chi connectivity index (χ3n) is 7.12. The molecular formula is C25H29F3. The zero-order chi connectivity index (χ0) is 19.7. The smallest absolute Gasteiger partial charge is 0.194 e. The molecule has 4 rings (SSSR count). The van der Waals surface area contributed by atoms with Gasteiger partial charge in [-0.25, -0.2) is 13.2 Å². The highest BCUT2D eigenvalue weighted by molar-refractivity contribution is 5.64. The van der Waals surface area contributed by atoms with Crippen LogP contribution in [0.25, 0.3) is 11.1 Å². The molecule has 2 saturated carbocycles. The summed E-state index contributed by atoms with van der Waals surface area (Å²) >= 11 is 0.